The summed E-state index contributed by atoms with van der Waals surface area (Å²) in [7, 11) is -3.34. The van der Waals surface area contributed by atoms with Crippen molar-refractivity contribution >= 4 is 63.1 Å². The molecule has 21 nitrogen and oxygen atoms in total. The molecule has 0 aromatic heterocycles. The van der Waals surface area contributed by atoms with Crippen molar-refractivity contribution in [2.45, 2.75) is 113 Å². The van der Waals surface area contributed by atoms with Crippen LogP contribution in [-0.4, -0.2) is 173 Å². The SMILES string of the molecule is CS(=O)(=O)N1CCC(C(=O)NCC(=O)NC2NC(C3CCCC(C4CCNC(OCCNC(=O)CCOCCOCCNC5CCC6C(=O)N(C7CCC(=O)NC7=O)C(=O)C6C5)C4)C3)CS2)C1. The van der Waals surface area contributed by atoms with Gasteiger partial charge in [0.2, 0.25) is 51.4 Å². The van der Waals surface area contributed by atoms with Gasteiger partial charge in [-0.1, -0.05) is 12.8 Å². The number of piperidine rings is 2. The maximum atomic E-state index is 13.2. The molecule has 5 heterocycles. The minimum atomic E-state index is -3.34. The van der Waals surface area contributed by atoms with Crippen LogP contribution >= 0.6 is 11.8 Å². The van der Waals surface area contributed by atoms with E-state index in [2.05, 4.69) is 37.2 Å². The first-order valence-electron chi connectivity index (χ1n) is 24.3. The molecule has 5 saturated heterocycles. The minimum Gasteiger partial charge on any atom is -0.379 e. The predicted molar refractivity (Wildman–Crippen MR) is 245 cm³/mol. The first kappa shape index (κ1) is 51.6. The molecule has 0 aromatic carbocycles. The molecule has 0 aromatic rings. The largest absolute Gasteiger partial charge is 0.379 e. The average Bonchev–Trinajstić information content (AvgIpc) is 4.06. The third-order valence-electron chi connectivity index (χ3n) is 14.7. The molecule has 11 atom stereocenters. The number of hydrogen-bond acceptors (Lipinski definition) is 16. The zero-order chi connectivity index (χ0) is 47.5. The molecular formula is C44H71N9O12S2. The van der Waals surface area contributed by atoms with Gasteiger partial charge in [-0.3, -0.25) is 54.4 Å². The number of rotatable bonds is 22. The van der Waals surface area contributed by atoms with Crippen LogP contribution in [0.5, 0.6) is 0 Å². The van der Waals surface area contributed by atoms with E-state index in [9.17, 15) is 42.0 Å². The summed E-state index contributed by atoms with van der Waals surface area (Å²) in [4.78, 5) is 88.9. The van der Waals surface area contributed by atoms with Gasteiger partial charge in [0.1, 0.15) is 17.8 Å². The second-order valence-corrected chi connectivity index (χ2v) is 22.3. The predicted octanol–water partition coefficient (Wildman–Crippen LogP) is -1.27. The summed E-state index contributed by atoms with van der Waals surface area (Å²) < 4.78 is 42.3. The number of hydrogen-bond donors (Lipinski definition) is 7. The van der Waals surface area contributed by atoms with Gasteiger partial charge in [0.25, 0.3) is 0 Å². The first-order chi connectivity index (χ1) is 32.2. The molecule has 23 heteroatoms. The molecule has 0 radical (unpaired) electrons. The molecule has 0 bridgehead atoms. The number of nitrogens with zero attached hydrogens (tertiary/aromatic N) is 2. The smallest absolute Gasteiger partial charge is 0.249 e. The van der Waals surface area contributed by atoms with Crippen LogP contribution in [0.3, 0.4) is 0 Å². The van der Waals surface area contributed by atoms with E-state index in [0.29, 0.717) is 89.1 Å². The molecule has 7 fully saturated rings. The van der Waals surface area contributed by atoms with Crippen LogP contribution in [0, 0.1) is 35.5 Å². The summed E-state index contributed by atoms with van der Waals surface area (Å²) in [5.74, 6) is -1.03. The minimum absolute atomic E-state index is 0.0514. The van der Waals surface area contributed by atoms with Crippen molar-refractivity contribution in [3.63, 3.8) is 0 Å². The number of amides is 7. The van der Waals surface area contributed by atoms with Crippen molar-refractivity contribution in [3.05, 3.63) is 0 Å². The molecule has 5 aliphatic heterocycles. The Morgan fingerprint density at radius 2 is 1.58 bits per heavy atom. The second kappa shape index (κ2) is 24.5. The van der Waals surface area contributed by atoms with E-state index in [1.165, 1.54) is 17.1 Å². The van der Waals surface area contributed by atoms with Gasteiger partial charge in [-0.2, -0.15) is 0 Å². The zero-order valence-corrected chi connectivity index (χ0v) is 40.3. The Balaban J connectivity index is 0.678. The fourth-order valence-corrected chi connectivity index (χ4v) is 13.2. The van der Waals surface area contributed by atoms with E-state index in [0.717, 1.165) is 55.6 Å². The topological polar surface area (TPSA) is 272 Å². The number of imide groups is 2. The molecule has 11 unspecified atom stereocenters. The van der Waals surface area contributed by atoms with Crippen LogP contribution in [0.15, 0.2) is 0 Å². The monoisotopic (exact) mass is 981 g/mol. The van der Waals surface area contributed by atoms with Gasteiger partial charge in [0.05, 0.1) is 63.6 Å². The van der Waals surface area contributed by atoms with Crippen LogP contribution in [0.4, 0.5) is 0 Å². The van der Waals surface area contributed by atoms with E-state index in [1.54, 1.807) is 11.8 Å². The van der Waals surface area contributed by atoms with Gasteiger partial charge < -0.3 is 35.5 Å². The van der Waals surface area contributed by atoms with Crippen LogP contribution < -0.4 is 37.2 Å². The van der Waals surface area contributed by atoms with E-state index < -0.39 is 39.7 Å². The molecule has 7 rings (SSSR count). The number of sulfonamides is 1. The fraction of sp³-hybridized carbons (Fsp3) is 0.841. The first-order valence-corrected chi connectivity index (χ1v) is 27.2. The van der Waals surface area contributed by atoms with Gasteiger partial charge in [0.15, 0.2) is 0 Å². The fourth-order valence-electron chi connectivity index (χ4n) is 11.0. The van der Waals surface area contributed by atoms with Crippen LogP contribution in [0.25, 0.3) is 0 Å². The number of carbonyl (C=O) groups is 7. The van der Waals surface area contributed by atoms with Crippen LogP contribution in [-0.2, 0) is 57.8 Å². The van der Waals surface area contributed by atoms with Gasteiger partial charge in [0, 0.05) is 56.9 Å². The van der Waals surface area contributed by atoms with Crippen LogP contribution in [0.2, 0.25) is 0 Å². The quantitative estimate of drug-likeness (QED) is 0.0492. The summed E-state index contributed by atoms with van der Waals surface area (Å²) >= 11 is 1.67. The normalized spacial score (nSPS) is 32.8. The van der Waals surface area contributed by atoms with Crippen molar-refractivity contribution in [2.24, 2.45) is 35.5 Å². The van der Waals surface area contributed by atoms with Gasteiger partial charge in [-0.25, -0.2) is 12.7 Å². The highest BCUT2D eigenvalue weighted by Gasteiger charge is 2.54. The van der Waals surface area contributed by atoms with Crippen molar-refractivity contribution in [1.29, 1.82) is 0 Å². The Morgan fingerprint density at radius 3 is 2.37 bits per heavy atom. The molecule has 7 amide bonds. The summed E-state index contributed by atoms with van der Waals surface area (Å²) in [5.41, 5.74) is -0.224. The van der Waals surface area contributed by atoms with Crippen molar-refractivity contribution < 1.29 is 56.2 Å². The number of nitrogens with one attached hydrogen (secondary N) is 7. The van der Waals surface area contributed by atoms with E-state index >= 15 is 0 Å². The highest BCUT2D eigenvalue weighted by Crippen LogP contribution is 2.42. The van der Waals surface area contributed by atoms with E-state index in [4.69, 9.17) is 14.2 Å². The highest BCUT2D eigenvalue weighted by atomic mass is 32.2. The third-order valence-corrected chi connectivity index (χ3v) is 17.1. The van der Waals surface area contributed by atoms with Crippen molar-refractivity contribution in [1.82, 2.24) is 46.4 Å². The molecule has 7 aliphatic rings. The van der Waals surface area contributed by atoms with Gasteiger partial charge in [-0.05, 0) is 82.1 Å². The molecule has 2 aliphatic carbocycles. The van der Waals surface area contributed by atoms with Crippen molar-refractivity contribution in [2.75, 3.05) is 84.3 Å². The number of carbonyl (C=O) groups excluding carboxylic acids is 7. The second-order valence-electron chi connectivity index (χ2n) is 19.2. The number of likely N-dealkylation sites (tertiary alicyclic amines) is 1. The third kappa shape index (κ3) is 14.4. The Hall–Kier alpha value is -3.29. The Kier molecular flexibility index (Phi) is 18.9. The zero-order valence-electron chi connectivity index (χ0n) is 38.6. The standard InChI is InChI=1S/C44H71N9O12S2/c1-67(61,62)52-15-10-30(25-52)40(57)48-24-38(56)51-44-49-34(26-66-44)29-4-2-3-27(21-29)28-9-12-47-39(22-28)65-18-14-46-36(54)11-16-63-19-20-64-17-13-45-31-5-6-32-33(23-31)43(60)53(42(32)59)35-7-8-37(55)50-41(35)58/h27-35,39,44-45,47,49H,2-26H2,1H3,(H,46,54)(H,48,57)(H,51,56)(H,50,55,58). The van der Waals surface area contributed by atoms with E-state index in [1.807, 2.05) is 0 Å². The summed E-state index contributed by atoms with van der Waals surface area (Å²) in [6, 6.07) is -0.566. The molecule has 0 spiro atoms. The maximum Gasteiger partial charge on any atom is 0.249 e. The lowest BCUT2D eigenvalue weighted by atomic mass is 9.70. The van der Waals surface area contributed by atoms with E-state index in [-0.39, 0.29) is 92.2 Å². The average molecular weight is 982 g/mol. The number of fused-ring (bicyclic) bond motifs is 1. The lowest BCUT2D eigenvalue weighted by Gasteiger charge is -2.40. The Morgan fingerprint density at radius 1 is 0.806 bits per heavy atom. The molecule has 376 valence electrons. The summed E-state index contributed by atoms with van der Waals surface area (Å²) in [6.07, 6.45) is 10.5. The summed E-state index contributed by atoms with van der Waals surface area (Å²) in [5, 5.41) is 21.3. The number of thioether (sulfide) groups is 1. The highest BCUT2D eigenvalue weighted by molar-refractivity contribution is 8.00. The maximum absolute atomic E-state index is 13.2. The molecule has 67 heavy (non-hydrogen) atoms. The Labute approximate surface area is 397 Å². The lowest BCUT2D eigenvalue weighted by molar-refractivity contribution is -0.151. The van der Waals surface area contributed by atoms with Gasteiger partial charge >= 0.3 is 0 Å². The molecule has 7 N–H and O–H groups in total. The number of ether oxygens (including phenoxy) is 3. The molecule has 2 saturated carbocycles. The Bertz CT molecular complexity index is 1900. The van der Waals surface area contributed by atoms with Gasteiger partial charge in [-0.15, -0.1) is 11.8 Å². The summed E-state index contributed by atoms with van der Waals surface area (Å²) in [6.45, 7) is 4.02. The van der Waals surface area contributed by atoms with Crippen molar-refractivity contribution in [3.8, 4) is 0 Å². The van der Waals surface area contributed by atoms with Crippen LogP contribution in [0.1, 0.15) is 83.5 Å². The molecular weight excluding hydrogens is 911 g/mol. The lowest BCUT2D eigenvalue weighted by Crippen LogP contribution is -2.54.